The maximum Gasteiger partial charge on any atom is 0.0359 e. The summed E-state index contributed by atoms with van der Waals surface area (Å²) in [4.78, 5) is 2.60. The van der Waals surface area contributed by atoms with Crippen LogP contribution in [0.1, 0.15) is 45.4 Å². The van der Waals surface area contributed by atoms with Gasteiger partial charge in [0.2, 0.25) is 0 Å². The maximum atomic E-state index is 11.3. The van der Waals surface area contributed by atoms with Crippen molar-refractivity contribution in [2.24, 2.45) is 0 Å². The van der Waals surface area contributed by atoms with Crippen molar-refractivity contribution in [1.82, 2.24) is 10.2 Å². The Morgan fingerprint density at radius 1 is 1.33 bits per heavy atom. The third-order valence-corrected chi connectivity index (χ3v) is 5.44. The molecule has 2 aliphatic rings. The maximum absolute atomic E-state index is 11.3. The van der Waals surface area contributed by atoms with Crippen LogP contribution in [-0.4, -0.2) is 52.3 Å². The van der Waals surface area contributed by atoms with Crippen LogP contribution in [0.4, 0.5) is 0 Å². The molecule has 2 unspecified atom stereocenters. The molecule has 2 rings (SSSR count). The first kappa shape index (κ1) is 14.5. The van der Waals surface area contributed by atoms with E-state index in [1.807, 2.05) is 6.26 Å². The normalized spacial score (nSPS) is 30.4. The second-order valence-corrected chi connectivity index (χ2v) is 7.59. The van der Waals surface area contributed by atoms with Crippen molar-refractivity contribution in [3.63, 3.8) is 0 Å². The first-order valence-electron chi connectivity index (χ1n) is 7.44. The summed E-state index contributed by atoms with van der Waals surface area (Å²) in [6, 6.07) is 0.640. The fourth-order valence-electron chi connectivity index (χ4n) is 3.51. The number of hydrogen-bond donors (Lipinski definition) is 1. The van der Waals surface area contributed by atoms with Crippen LogP contribution in [0, 0.1) is 0 Å². The second-order valence-electron chi connectivity index (χ2n) is 6.03. The highest BCUT2D eigenvalue weighted by Gasteiger charge is 2.38. The average molecular weight is 272 g/mol. The van der Waals surface area contributed by atoms with Crippen LogP contribution in [0.2, 0.25) is 0 Å². The number of nitrogens with zero attached hydrogens (tertiary/aromatic N) is 1. The minimum Gasteiger partial charge on any atom is -0.308 e. The molecule has 106 valence electrons. The minimum absolute atomic E-state index is 0.374. The zero-order valence-electron chi connectivity index (χ0n) is 11.9. The molecule has 2 fully saturated rings. The standard InChI is InChI=1S/C14H28N2OS/c1-3-13-11-15-14(7-5-4-6-8-14)12-16(13)9-10-18(2)17/h13,15H,3-12H2,1-2H3. The van der Waals surface area contributed by atoms with E-state index >= 15 is 0 Å². The van der Waals surface area contributed by atoms with Gasteiger partial charge in [0.15, 0.2) is 0 Å². The Hall–Kier alpha value is 0.0700. The summed E-state index contributed by atoms with van der Waals surface area (Å²) >= 11 is 0. The number of hydrogen-bond acceptors (Lipinski definition) is 3. The number of piperazine rings is 1. The zero-order valence-corrected chi connectivity index (χ0v) is 12.7. The highest BCUT2D eigenvalue weighted by Crippen LogP contribution is 2.32. The molecule has 1 saturated carbocycles. The summed E-state index contributed by atoms with van der Waals surface area (Å²) in [5.74, 6) is 0.826. The van der Waals surface area contributed by atoms with Crippen molar-refractivity contribution in [3.05, 3.63) is 0 Å². The lowest BCUT2D eigenvalue weighted by atomic mass is 9.79. The van der Waals surface area contributed by atoms with E-state index in [2.05, 4.69) is 17.1 Å². The van der Waals surface area contributed by atoms with Crippen molar-refractivity contribution in [3.8, 4) is 0 Å². The fourth-order valence-corrected chi connectivity index (χ4v) is 4.00. The quantitative estimate of drug-likeness (QED) is 0.846. The topological polar surface area (TPSA) is 32.3 Å². The second kappa shape index (κ2) is 6.49. The van der Waals surface area contributed by atoms with Gasteiger partial charge in [0, 0.05) is 54.0 Å². The summed E-state index contributed by atoms with van der Waals surface area (Å²) in [6.07, 6.45) is 9.82. The van der Waals surface area contributed by atoms with Crippen LogP contribution in [0.25, 0.3) is 0 Å². The van der Waals surface area contributed by atoms with Gasteiger partial charge in [-0.05, 0) is 19.3 Å². The highest BCUT2D eigenvalue weighted by atomic mass is 32.2. The molecule has 3 nitrogen and oxygen atoms in total. The van der Waals surface area contributed by atoms with E-state index in [9.17, 15) is 4.21 Å². The number of nitrogens with one attached hydrogen (secondary N) is 1. The lowest BCUT2D eigenvalue weighted by Crippen LogP contribution is -2.65. The van der Waals surface area contributed by atoms with Crippen molar-refractivity contribution in [2.45, 2.75) is 57.0 Å². The molecule has 0 aromatic rings. The van der Waals surface area contributed by atoms with Crippen LogP contribution in [0.3, 0.4) is 0 Å². The molecule has 1 spiro atoms. The fraction of sp³-hybridized carbons (Fsp3) is 1.00. The summed E-state index contributed by atoms with van der Waals surface area (Å²) < 4.78 is 11.3. The van der Waals surface area contributed by atoms with Gasteiger partial charge < -0.3 is 5.32 Å². The lowest BCUT2D eigenvalue weighted by Gasteiger charge is -2.49. The van der Waals surface area contributed by atoms with Gasteiger partial charge in [-0.3, -0.25) is 9.11 Å². The summed E-state index contributed by atoms with van der Waals surface area (Å²) in [5, 5.41) is 3.84. The molecule has 0 bridgehead atoms. The summed E-state index contributed by atoms with van der Waals surface area (Å²) in [7, 11) is -0.663. The van der Waals surface area contributed by atoms with E-state index in [0.717, 1.165) is 18.8 Å². The van der Waals surface area contributed by atoms with Gasteiger partial charge in [0.25, 0.3) is 0 Å². The van der Waals surface area contributed by atoms with Crippen LogP contribution >= 0.6 is 0 Å². The third-order valence-electron chi connectivity index (χ3n) is 4.68. The molecular weight excluding hydrogens is 244 g/mol. The Bertz CT molecular complexity index is 290. The SMILES string of the molecule is CCC1CNC2(CCCCC2)CN1CCS(C)=O. The van der Waals surface area contributed by atoms with Crippen LogP contribution < -0.4 is 5.32 Å². The molecule has 2 atom stereocenters. The van der Waals surface area contributed by atoms with E-state index in [1.165, 1.54) is 45.1 Å². The lowest BCUT2D eigenvalue weighted by molar-refractivity contribution is 0.0588. The first-order chi connectivity index (χ1) is 8.65. The smallest absolute Gasteiger partial charge is 0.0359 e. The molecule has 0 aromatic heterocycles. The van der Waals surface area contributed by atoms with E-state index in [4.69, 9.17) is 0 Å². The van der Waals surface area contributed by atoms with Gasteiger partial charge in [-0.2, -0.15) is 0 Å². The molecule has 0 amide bonds. The third kappa shape index (κ3) is 3.55. The van der Waals surface area contributed by atoms with Gasteiger partial charge in [-0.25, -0.2) is 0 Å². The Kier molecular flexibility index (Phi) is 5.22. The Morgan fingerprint density at radius 2 is 2.06 bits per heavy atom. The molecule has 1 N–H and O–H groups in total. The largest absolute Gasteiger partial charge is 0.308 e. The van der Waals surface area contributed by atoms with Crippen LogP contribution in [0.15, 0.2) is 0 Å². The molecule has 1 aliphatic carbocycles. The van der Waals surface area contributed by atoms with Crippen molar-refractivity contribution < 1.29 is 4.21 Å². The van der Waals surface area contributed by atoms with E-state index in [1.54, 1.807) is 0 Å². The molecule has 18 heavy (non-hydrogen) atoms. The molecule has 1 heterocycles. The van der Waals surface area contributed by atoms with E-state index < -0.39 is 10.8 Å². The Balaban J connectivity index is 1.96. The zero-order chi connectivity index (χ0) is 13.0. The van der Waals surface area contributed by atoms with E-state index in [0.29, 0.717) is 11.6 Å². The molecular formula is C14H28N2OS. The van der Waals surface area contributed by atoms with Gasteiger partial charge >= 0.3 is 0 Å². The predicted octanol–water partition coefficient (Wildman–Crippen LogP) is 1.75. The van der Waals surface area contributed by atoms with Gasteiger partial charge in [-0.15, -0.1) is 0 Å². The van der Waals surface area contributed by atoms with Gasteiger partial charge in [-0.1, -0.05) is 26.2 Å². The Labute approximate surface area is 114 Å². The van der Waals surface area contributed by atoms with Crippen molar-refractivity contribution in [2.75, 3.05) is 31.6 Å². The highest BCUT2D eigenvalue weighted by molar-refractivity contribution is 7.84. The van der Waals surface area contributed by atoms with Crippen molar-refractivity contribution in [1.29, 1.82) is 0 Å². The van der Waals surface area contributed by atoms with Crippen molar-refractivity contribution >= 4 is 10.8 Å². The first-order valence-corrected chi connectivity index (χ1v) is 9.17. The van der Waals surface area contributed by atoms with E-state index in [-0.39, 0.29) is 0 Å². The molecule has 1 saturated heterocycles. The van der Waals surface area contributed by atoms with Crippen LogP contribution in [0.5, 0.6) is 0 Å². The minimum atomic E-state index is -0.663. The molecule has 0 radical (unpaired) electrons. The number of rotatable bonds is 4. The molecule has 1 aliphatic heterocycles. The molecule has 0 aromatic carbocycles. The summed E-state index contributed by atoms with van der Waals surface area (Å²) in [6.45, 7) is 5.56. The van der Waals surface area contributed by atoms with Gasteiger partial charge in [0.1, 0.15) is 0 Å². The van der Waals surface area contributed by atoms with Crippen LogP contribution in [-0.2, 0) is 10.8 Å². The van der Waals surface area contributed by atoms with Gasteiger partial charge in [0.05, 0.1) is 0 Å². The summed E-state index contributed by atoms with van der Waals surface area (Å²) in [5.41, 5.74) is 0.374. The Morgan fingerprint density at radius 3 is 2.67 bits per heavy atom. The average Bonchev–Trinajstić information content (AvgIpc) is 2.37. The monoisotopic (exact) mass is 272 g/mol. The molecule has 4 heteroatoms. The predicted molar refractivity (Wildman–Crippen MR) is 78.4 cm³/mol.